The Balaban J connectivity index is 2.11. The number of nitrogens with one attached hydrogen (secondary N) is 1. The molecular weight excluding hydrogens is 362 g/mol. The van der Waals surface area contributed by atoms with E-state index in [2.05, 4.69) is 31.0 Å². The molecule has 2 heterocycles. The molecule has 0 spiro atoms. The third-order valence-electron chi connectivity index (χ3n) is 3.36. The van der Waals surface area contributed by atoms with Crippen molar-refractivity contribution in [1.82, 2.24) is 24.6 Å². The maximum atomic E-state index is 12.3. The zero-order valence-corrected chi connectivity index (χ0v) is 14.3. The maximum absolute atomic E-state index is 12.3. The number of likely N-dealkylation sites (tertiary alicyclic amines) is 1. The van der Waals surface area contributed by atoms with Gasteiger partial charge >= 0.3 is 0 Å². The van der Waals surface area contributed by atoms with E-state index in [4.69, 9.17) is 0 Å². The van der Waals surface area contributed by atoms with E-state index in [1.807, 2.05) is 0 Å². The van der Waals surface area contributed by atoms with Gasteiger partial charge in [0.05, 0.1) is 6.04 Å². The Morgan fingerprint density at radius 3 is 2.48 bits per heavy atom. The first kappa shape index (κ1) is 16.4. The van der Waals surface area contributed by atoms with Crippen molar-refractivity contribution in [3.05, 3.63) is 4.60 Å². The molecule has 1 unspecified atom stereocenters. The van der Waals surface area contributed by atoms with Gasteiger partial charge in [0.1, 0.15) is 0 Å². The minimum Gasteiger partial charge on any atom is -0.341 e. The predicted molar refractivity (Wildman–Crippen MR) is 78.9 cm³/mol. The molecule has 0 aromatic carbocycles. The van der Waals surface area contributed by atoms with Crippen LogP contribution in [-0.4, -0.2) is 53.4 Å². The predicted octanol–water partition coefficient (Wildman–Crippen LogP) is 0.257. The summed E-state index contributed by atoms with van der Waals surface area (Å²) in [5.74, 6) is -0.204. The molecule has 1 saturated heterocycles. The molecule has 2 rings (SSSR count). The number of carbonyl (C=O) groups is 1. The van der Waals surface area contributed by atoms with Crippen LogP contribution >= 0.6 is 15.9 Å². The summed E-state index contributed by atoms with van der Waals surface area (Å²) in [6.45, 7) is 2.91. The Labute approximate surface area is 132 Å². The van der Waals surface area contributed by atoms with E-state index < -0.39 is 16.1 Å². The fourth-order valence-corrected chi connectivity index (χ4v) is 4.63. The third kappa shape index (κ3) is 3.61. The number of aromatic nitrogens is 3. The van der Waals surface area contributed by atoms with Crippen LogP contribution in [0, 0.1) is 0 Å². The summed E-state index contributed by atoms with van der Waals surface area (Å²) in [5.41, 5.74) is 0. The zero-order chi connectivity index (χ0) is 15.6. The second kappa shape index (κ2) is 6.41. The maximum Gasteiger partial charge on any atom is 0.261 e. The minimum absolute atomic E-state index is 0.0965. The average molecular weight is 380 g/mol. The van der Waals surface area contributed by atoms with Crippen LogP contribution in [0.15, 0.2) is 9.63 Å². The van der Waals surface area contributed by atoms with Crippen LogP contribution in [0.5, 0.6) is 0 Å². The van der Waals surface area contributed by atoms with Crippen molar-refractivity contribution < 1.29 is 13.2 Å². The number of hydrogen-bond acceptors (Lipinski definition) is 5. The standard InChI is InChI=1S/C11H18BrN5O3S/c1-8(10(18)17-6-4-3-5-7-17)14-21(19,20)11-9(12)13-15-16(11)2/h8,14H,3-7H2,1-2H3. The Kier molecular flexibility index (Phi) is 4.99. The Morgan fingerprint density at radius 1 is 1.33 bits per heavy atom. The quantitative estimate of drug-likeness (QED) is 0.808. The second-order valence-corrected chi connectivity index (χ2v) is 7.42. The highest BCUT2D eigenvalue weighted by atomic mass is 79.9. The van der Waals surface area contributed by atoms with Crippen LogP contribution in [0.4, 0.5) is 0 Å². The van der Waals surface area contributed by atoms with Crippen molar-refractivity contribution in [2.24, 2.45) is 7.05 Å². The summed E-state index contributed by atoms with van der Waals surface area (Å²) in [5, 5.41) is 7.17. The van der Waals surface area contributed by atoms with Gasteiger partial charge in [-0.2, -0.15) is 4.72 Å². The molecule has 10 heteroatoms. The van der Waals surface area contributed by atoms with Crippen LogP contribution in [0.2, 0.25) is 0 Å². The number of sulfonamides is 1. The molecule has 1 N–H and O–H groups in total. The van der Waals surface area contributed by atoms with Crippen LogP contribution < -0.4 is 4.72 Å². The number of hydrogen-bond donors (Lipinski definition) is 1. The summed E-state index contributed by atoms with van der Waals surface area (Å²) in [6, 6.07) is -0.824. The molecule has 1 aliphatic heterocycles. The first-order valence-electron chi connectivity index (χ1n) is 6.69. The highest BCUT2D eigenvalue weighted by molar-refractivity contribution is 9.10. The lowest BCUT2D eigenvalue weighted by Gasteiger charge is -2.29. The van der Waals surface area contributed by atoms with E-state index >= 15 is 0 Å². The number of halogens is 1. The van der Waals surface area contributed by atoms with E-state index in [0.29, 0.717) is 13.1 Å². The average Bonchev–Trinajstić information content (AvgIpc) is 2.78. The van der Waals surface area contributed by atoms with Gasteiger partial charge in [0.2, 0.25) is 10.9 Å². The molecule has 0 aliphatic carbocycles. The highest BCUT2D eigenvalue weighted by Crippen LogP contribution is 2.18. The zero-order valence-electron chi connectivity index (χ0n) is 11.9. The first-order valence-corrected chi connectivity index (χ1v) is 8.97. The Bertz CT molecular complexity index is 604. The van der Waals surface area contributed by atoms with Crippen molar-refractivity contribution in [2.45, 2.75) is 37.3 Å². The van der Waals surface area contributed by atoms with E-state index in [0.717, 1.165) is 23.9 Å². The molecule has 1 amide bonds. The molecule has 1 fully saturated rings. The lowest BCUT2D eigenvalue weighted by atomic mass is 10.1. The van der Waals surface area contributed by atoms with E-state index in [-0.39, 0.29) is 15.5 Å². The van der Waals surface area contributed by atoms with E-state index in [9.17, 15) is 13.2 Å². The molecule has 0 radical (unpaired) electrons. The summed E-state index contributed by atoms with van der Waals surface area (Å²) < 4.78 is 28.3. The smallest absolute Gasteiger partial charge is 0.261 e. The molecule has 0 saturated carbocycles. The molecular formula is C11H18BrN5O3S. The van der Waals surface area contributed by atoms with Gasteiger partial charge in [0.25, 0.3) is 10.0 Å². The highest BCUT2D eigenvalue weighted by Gasteiger charge is 2.30. The minimum atomic E-state index is -3.87. The molecule has 1 atom stereocenters. The van der Waals surface area contributed by atoms with Gasteiger partial charge in [-0.05, 0) is 42.1 Å². The van der Waals surface area contributed by atoms with Gasteiger partial charge in [-0.25, -0.2) is 13.1 Å². The summed E-state index contributed by atoms with van der Waals surface area (Å²) in [6.07, 6.45) is 3.03. The van der Waals surface area contributed by atoms with Gasteiger partial charge in [0, 0.05) is 20.1 Å². The molecule has 8 nitrogen and oxygen atoms in total. The van der Waals surface area contributed by atoms with Crippen LogP contribution in [-0.2, 0) is 21.9 Å². The topological polar surface area (TPSA) is 97.2 Å². The lowest BCUT2D eigenvalue weighted by molar-refractivity contribution is -0.133. The van der Waals surface area contributed by atoms with Crippen molar-refractivity contribution in [3.63, 3.8) is 0 Å². The fourth-order valence-electron chi connectivity index (χ4n) is 2.34. The molecule has 1 aromatic heterocycles. The fraction of sp³-hybridized carbons (Fsp3) is 0.727. The van der Waals surface area contributed by atoms with Crippen molar-refractivity contribution >= 4 is 31.9 Å². The normalized spacial score (nSPS) is 17.8. The Morgan fingerprint density at radius 2 is 1.95 bits per heavy atom. The molecule has 21 heavy (non-hydrogen) atoms. The van der Waals surface area contributed by atoms with Crippen molar-refractivity contribution in [1.29, 1.82) is 0 Å². The third-order valence-corrected chi connectivity index (χ3v) is 5.79. The summed E-state index contributed by atoms with van der Waals surface area (Å²) in [4.78, 5) is 14.0. The molecule has 1 aliphatic rings. The number of piperidine rings is 1. The summed E-state index contributed by atoms with van der Waals surface area (Å²) in [7, 11) is -2.39. The Hall–Kier alpha value is -1.00. The number of rotatable bonds is 4. The molecule has 118 valence electrons. The first-order chi connectivity index (χ1) is 9.83. The SMILES string of the molecule is CC(NS(=O)(=O)c1c(Br)nnn1C)C(=O)N1CCCCC1. The van der Waals surface area contributed by atoms with E-state index in [1.165, 1.54) is 7.05 Å². The van der Waals surface area contributed by atoms with Gasteiger partial charge in [-0.3, -0.25) is 4.79 Å². The lowest BCUT2D eigenvalue weighted by Crippen LogP contribution is -2.48. The van der Waals surface area contributed by atoms with Gasteiger partial charge in [0.15, 0.2) is 4.60 Å². The largest absolute Gasteiger partial charge is 0.341 e. The monoisotopic (exact) mass is 379 g/mol. The molecule has 1 aromatic rings. The van der Waals surface area contributed by atoms with E-state index in [1.54, 1.807) is 11.8 Å². The number of aryl methyl sites for hydroxylation is 1. The second-order valence-electron chi connectivity index (χ2n) is 5.04. The van der Waals surface area contributed by atoms with Crippen LogP contribution in [0.3, 0.4) is 0 Å². The van der Waals surface area contributed by atoms with Gasteiger partial charge in [-0.1, -0.05) is 5.21 Å². The number of carbonyl (C=O) groups excluding carboxylic acids is 1. The summed E-state index contributed by atoms with van der Waals surface area (Å²) >= 11 is 3.05. The van der Waals surface area contributed by atoms with Gasteiger partial charge in [-0.15, -0.1) is 5.10 Å². The molecule has 0 bridgehead atoms. The van der Waals surface area contributed by atoms with Crippen LogP contribution in [0.25, 0.3) is 0 Å². The number of nitrogens with zero attached hydrogens (tertiary/aromatic N) is 4. The van der Waals surface area contributed by atoms with Gasteiger partial charge < -0.3 is 4.90 Å². The van der Waals surface area contributed by atoms with Crippen molar-refractivity contribution in [3.8, 4) is 0 Å². The number of amides is 1. The van der Waals surface area contributed by atoms with Crippen LogP contribution in [0.1, 0.15) is 26.2 Å². The van der Waals surface area contributed by atoms with Crippen molar-refractivity contribution in [2.75, 3.05) is 13.1 Å².